The molecule has 0 unspecified atom stereocenters. The minimum Gasteiger partial charge on any atom is -0.443 e. The Kier molecular flexibility index (Phi) is 10.2. The summed E-state index contributed by atoms with van der Waals surface area (Å²) in [5, 5.41) is 21.6. The summed E-state index contributed by atoms with van der Waals surface area (Å²) in [5.41, 5.74) is 1.32. The number of benzene rings is 3. The lowest BCUT2D eigenvalue weighted by atomic mass is 9.73. The molecule has 15 heteroatoms. The number of aromatic nitrogens is 5. The van der Waals surface area contributed by atoms with E-state index in [0.29, 0.717) is 17.2 Å². The van der Waals surface area contributed by atoms with Gasteiger partial charge < -0.3 is 10.1 Å². The maximum atomic E-state index is 15.2. The Hall–Kier alpha value is -5.94. The topological polar surface area (TPSA) is 143 Å². The van der Waals surface area contributed by atoms with Gasteiger partial charge in [-0.25, -0.2) is 23.2 Å². The van der Waals surface area contributed by atoms with Gasteiger partial charge in [0.25, 0.3) is 12.3 Å². The van der Waals surface area contributed by atoms with Gasteiger partial charge in [-0.2, -0.15) is 15.5 Å². The van der Waals surface area contributed by atoms with Crippen molar-refractivity contribution < 1.29 is 23.1 Å². The summed E-state index contributed by atoms with van der Waals surface area (Å²) in [6.07, 6.45) is 3.32. The highest BCUT2D eigenvalue weighted by molar-refractivity contribution is 6.32. The maximum absolute atomic E-state index is 15.2. The third-order valence-corrected chi connectivity index (χ3v) is 10.1. The van der Waals surface area contributed by atoms with Gasteiger partial charge in [0.1, 0.15) is 18.5 Å². The molecule has 281 valence electrons. The van der Waals surface area contributed by atoms with Crippen LogP contribution in [0.2, 0.25) is 5.02 Å². The summed E-state index contributed by atoms with van der Waals surface area (Å²) < 4.78 is 36.1. The van der Waals surface area contributed by atoms with E-state index in [9.17, 15) is 18.8 Å². The number of hydrogen-bond acceptors (Lipinski definition) is 7. The van der Waals surface area contributed by atoms with Crippen molar-refractivity contribution >= 4 is 29.6 Å². The van der Waals surface area contributed by atoms with E-state index in [1.54, 1.807) is 18.2 Å². The lowest BCUT2D eigenvalue weighted by Gasteiger charge is -2.35. The zero-order chi connectivity index (χ0) is 38.9. The lowest BCUT2D eigenvalue weighted by molar-refractivity contribution is -0.133. The molecule has 1 N–H and O–H groups in total. The maximum Gasteiger partial charge on any atom is 0.437 e. The number of aliphatic imine (C=N–C) groups is 1. The zero-order valence-corrected chi connectivity index (χ0v) is 30.8. The van der Waals surface area contributed by atoms with Crippen LogP contribution >= 0.6 is 11.6 Å². The number of carbonyl (C=O) groups excluding carboxylic acids is 2. The number of halogens is 3. The summed E-state index contributed by atoms with van der Waals surface area (Å²) in [5.74, 6) is -1.27. The fourth-order valence-electron chi connectivity index (χ4n) is 6.83. The Morgan fingerprint density at radius 3 is 2.56 bits per heavy atom. The van der Waals surface area contributed by atoms with Crippen molar-refractivity contribution in [3.63, 3.8) is 0 Å². The minimum atomic E-state index is -2.94. The fraction of sp³-hybridized carbons (Fsp3) is 0.300. The van der Waals surface area contributed by atoms with Crippen LogP contribution in [0.25, 0.3) is 16.8 Å². The first-order chi connectivity index (χ1) is 26.4. The minimum absolute atomic E-state index is 0.0672. The van der Waals surface area contributed by atoms with Crippen LogP contribution in [0.4, 0.5) is 13.6 Å². The molecule has 5 aromatic rings. The van der Waals surface area contributed by atoms with Crippen molar-refractivity contribution in [2.45, 2.75) is 70.2 Å². The standard InChI is InChI=1S/C40H37ClF2N9O3/c1-25(28-11-16-32(41)33(19-28)52-35(34(42)43)45-24-47-52)51-36(53)40(23-39(2,3)17-18-44,49-37(51)48-38(54)55-22-26-7-5-4-6-8-26)30-12-9-27(10-13-30)29-20-46-50(21-29)31-14-15-31/h4-13,16,19-21,24-25,31,34H,1,14-15,17,22-23H2,2-3H3,(H,48,49,54)/t25-,40+/m0/s1. The second kappa shape index (κ2) is 15.1. The van der Waals surface area contributed by atoms with Crippen LogP contribution in [0.1, 0.15) is 80.6 Å². The van der Waals surface area contributed by atoms with E-state index < -0.39 is 41.2 Å². The second-order valence-electron chi connectivity index (χ2n) is 14.4. The van der Waals surface area contributed by atoms with Gasteiger partial charge in [0.05, 0.1) is 35.1 Å². The third-order valence-electron chi connectivity index (χ3n) is 9.74. The highest BCUT2D eigenvalue weighted by Gasteiger charge is 2.55. The molecule has 1 aliphatic carbocycles. The number of amides is 2. The molecule has 0 spiro atoms. The molecule has 3 aromatic carbocycles. The van der Waals surface area contributed by atoms with Gasteiger partial charge in [0.2, 0.25) is 5.96 Å². The van der Waals surface area contributed by atoms with Crippen LogP contribution in [0.3, 0.4) is 0 Å². The molecule has 1 aliphatic heterocycles. The largest absolute Gasteiger partial charge is 0.443 e. The van der Waals surface area contributed by atoms with Crippen molar-refractivity contribution in [2.75, 3.05) is 0 Å². The molecule has 3 heterocycles. The van der Waals surface area contributed by atoms with Crippen molar-refractivity contribution in [3.8, 4) is 22.9 Å². The number of nitriles is 1. The predicted molar refractivity (Wildman–Crippen MR) is 200 cm³/mol. The molecule has 1 saturated heterocycles. The zero-order valence-electron chi connectivity index (χ0n) is 30.1. The van der Waals surface area contributed by atoms with Crippen LogP contribution in [0.15, 0.2) is 96.5 Å². The average Bonchev–Trinajstić information content (AvgIpc) is 3.56. The van der Waals surface area contributed by atoms with E-state index in [1.807, 2.05) is 73.4 Å². The number of alkyl halides is 2. The van der Waals surface area contributed by atoms with Gasteiger partial charge in [-0.05, 0) is 66.0 Å². The summed E-state index contributed by atoms with van der Waals surface area (Å²) in [6.45, 7) is 8.00. The number of hydrogen-bond donors (Lipinski definition) is 1. The van der Waals surface area contributed by atoms with Crippen LogP contribution in [-0.4, -0.2) is 47.4 Å². The Balaban J connectivity index is 1.31. The van der Waals surface area contributed by atoms with E-state index in [0.717, 1.165) is 40.5 Å². The lowest BCUT2D eigenvalue weighted by Crippen LogP contribution is -2.47. The van der Waals surface area contributed by atoms with E-state index in [1.165, 1.54) is 17.0 Å². The number of nitrogens with one attached hydrogen (secondary N) is 1. The van der Waals surface area contributed by atoms with Crippen molar-refractivity contribution in [1.82, 2.24) is 34.8 Å². The Labute approximate surface area is 321 Å². The van der Waals surface area contributed by atoms with Gasteiger partial charge in [0, 0.05) is 18.2 Å². The number of nitrogens with zero attached hydrogens (tertiary/aromatic N) is 8. The Bertz CT molecular complexity index is 2280. The van der Waals surface area contributed by atoms with Crippen LogP contribution < -0.4 is 5.32 Å². The number of rotatable bonds is 12. The Morgan fingerprint density at radius 1 is 1.13 bits per heavy atom. The van der Waals surface area contributed by atoms with E-state index in [-0.39, 0.29) is 36.1 Å². The van der Waals surface area contributed by atoms with E-state index in [4.69, 9.17) is 16.3 Å². The van der Waals surface area contributed by atoms with E-state index >= 15 is 4.79 Å². The molecule has 0 bridgehead atoms. The SMILES string of the molecule is [CH2][C@@H](c1ccc(Cl)c(-n2ncnc2C(F)F)c1)N1C(=O)[C@@](CC(C)(C)CC#N)(c2ccc(-c3cnn(C4CC4)c3)cc2)N/C1=N/C(=O)OCc1ccccc1. The smallest absolute Gasteiger partial charge is 0.437 e. The predicted octanol–water partition coefficient (Wildman–Crippen LogP) is 8.28. The molecule has 2 aromatic heterocycles. The first-order valence-electron chi connectivity index (χ1n) is 17.6. The highest BCUT2D eigenvalue weighted by Crippen LogP contribution is 2.44. The van der Waals surface area contributed by atoms with Gasteiger partial charge in [0.15, 0.2) is 5.82 Å². The Morgan fingerprint density at radius 2 is 1.87 bits per heavy atom. The quantitative estimate of drug-likeness (QED) is 0.134. The number of carbonyl (C=O) groups is 2. The molecule has 2 fully saturated rings. The first-order valence-corrected chi connectivity index (χ1v) is 18.0. The van der Waals surface area contributed by atoms with Crippen LogP contribution in [-0.2, 0) is 21.7 Å². The van der Waals surface area contributed by atoms with E-state index in [2.05, 4.69) is 38.5 Å². The molecule has 12 nitrogen and oxygen atoms in total. The summed E-state index contributed by atoms with van der Waals surface area (Å²) >= 11 is 6.48. The van der Waals surface area contributed by atoms with Gasteiger partial charge in [-0.1, -0.05) is 86.1 Å². The summed E-state index contributed by atoms with van der Waals surface area (Å²) in [4.78, 5) is 37.8. The van der Waals surface area contributed by atoms with Crippen LogP contribution in [0, 0.1) is 23.7 Å². The molecule has 2 amide bonds. The summed E-state index contributed by atoms with van der Waals surface area (Å²) in [7, 11) is 0. The average molecular weight is 765 g/mol. The molecule has 2 atom stereocenters. The van der Waals surface area contributed by atoms with Gasteiger partial charge in [-0.15, -0.1) is 4.99 Å². The monoisotopic (exact) mass is 764 g/mol. The number of ether oxygens (including phenoxy) is 1. The van der Waals surface area contributed by atoms with Crippen LogP contribution in [0.5, 0.6) is 0 Å². The van der Waals surface area contributed by atoms with Crippen molar-refractivity contribution in [2.24, 2.45) is 10.4 Å². The molecule has 1 radical (unpaired) electrons. The normalized spacial score (nSPS) is 18.4. The molecule has 1 saturated carbocycles. The summed E-state index contributed by atoms with van der Waals surface area (Å²) in [6, 6.07) is 22.6. The van der Waals surface area contributed by atoms with Crippen molar-refractivity contribution in [3.05, 3.63) is 126 Å². The first kappa shape index (κ1) is 37.4. The highest BCUT2D eigenvalue weighted by atomic mass is 35.5. The molecule has 2 aliphatic rings. The molecular formula is C40H37ClF2N9O3. The van der Waals surface area contributed by atoms with Gasteiger partial charge in [-0.3, -0.25) is 14.4 Å². The molecule has 55 heavy (non-hydrogen) atoms. The molecule has 7 rings (SSSR count). The second-order valence-corrected chi connectivity index (χ2v) is 14.8. The number of guanidine groups is 1. The fourth-order valence-corrected chi connectivity index (χ4v) is 7.03. The van der Waals surface area contributed by atoms with Crippen molar-refractivity contribution in [1.29, 1.82) is 5.26 Å². The molecular weight excluding hydrogens is 728 g/mol. The third kappa shape index (κ3) is 7.70. The van der Waals surface area contributed by atoms with Gasteiger partial charge >= 0.3 is 6.09 Å².